The van der Waals surface area contributed by atoms with Crippen molar-refractivity contribution in [3.8, 4) is 0 Å². The summed E-state index contributed by atoms with van der Waals surface area (Å²) in [6, 6.07) is 12.2. The van der Waals surface area contributed by atoms with Crippen LogP contribution in [0.15, 0.2) is 42.5 Å². The molecule has 0 bridgehead atoms. The fourth-order valence-corrected chi connectivity index (χ4v) is 2.58. The number of aliphatic hydroxyl groups is 1. The monoisotopic (exact) mass is 307 g/mol. The molecule has 0 aliphatic heterocycles. The van der Waals surface area contributed by atoms with E-state index >= 15 is 0 Å². The van der Waals surface area contributed by atoms with Crippen LogP contribution in [0, 0.1) is 5.82 Å². The molecule has 4 heteroatoms. The summed E-state index contributed by atoms with van der Waals surface area (Å²) in [6.07, 6.45) is -0.732. The van der Waals surface area contributed by atoms with Crippen molar-refractivity contribution in [3.05, 3.63) is 64.4 Å². The molecule has 0 saturated carbocycles. The molecule has 0 amide bonds. The third-order valence-electron chi connectivity index (χ3n) is 3.73. The Kier molecular flexibility index (Phi) is 4.86. The molecule has 0 spiro atoms. The number of hydrogen-bond acceptors (Lipinski definition) is 2. The molecular weight excluding hydrogens is 289 g/mol. The molecule has 0 aromatic heterocycles. The van der Waals surface area contributed by atoms with Crippen molar-refractivity contribution in [1.29, 1.82) is 0 Å². The first-order valence-corrected chi connectivity index (χ1v) is 7.23. The smallest absolute Gasteiger partial charge is 0.123 e. The van der Waals surface area contributed by atoms with Crippen molar-refractivity contribution < 1.29 is 9.50 Å². The van der Waals surface area contributed by atoms with Gasteiger partial charge < -0.3 is 10.0 Å². The van der Waals surface area contributed by atoms with Gasteiger partial charge in [0.05, 0.1) is 12.1 Å². The molecule has 1 N–H and O–H groups in total. The highest BCUT2D eigenvalue weighted by molar-refractivity contribution is 6.30. The van der Waals surface area contributed by atoms with Crippen LogP contribution in [0.5, 0.6) is 0 Å². The Balaban J connectivity index is 2.37. The summed E-state index contributed by atoms with van der Waals surface area (Å²) in [4.78, 5) is 2.01. The molecule has 21 heavy (non-hydrogen) atoms. The Morgan fingerprint density at radius 2 is 1.86 bits per heavy atom. The van der Waals surface area contributed by atoms with E-state index in [2.05, 4.69) is 0 Å². The minimum atomic E-state index is -0.732. The molecule has 0 aliphatic carbocycles. The molecule has 2 aromatic rings. The van der Waals surface area contributed by atoms with Gasteiger partial charge in [0.2, 0.25) is 0 Å². The van der Waals surface area contributed by atoms with E-state index in [0.29, 0.717) is 10.6 Å². The zero-order valence-electron chi connectivity index (χ0n) is 12.3. The largest absolute Gasteiger partial charge is 0.389 e. The first kappa shape index (κ1) is 15.8. The SMILES string of the molecule is CC(c1cccc(Cl)c1)N(C)c1ccc(F)cc1[C@@H](C)O. The van der Waals surface area contributed by atoms with Gasteiger partial charge in [0.25, 0.3) is 0 Å². The molecule has 0 radical (unpaired) electrons. The maximum absolute atomic E-state index is 13.4. The summed E-state index contributed by atoms with van der Waals surface area (Å²) >= 11 is 6.03. The maximum atomic E-state index is 13.4. The lowest BCUT2D eigenvalue weighted by molar-refractivity contribution is 0.199. The van der Waals surface area contributed by atoms with E-state index in [1.54, 1.807) is 13.0 Å². The van der Waals surface area contributed by atoms with Crippen LogP contribution in [0.1, 0.15) is 37.1 Å². The van der Waals surface area contributed by atoms with Crippen LogP contribution in [0.2, 0.25) is 5.02 Å². The third-order valence-corrected chi connectivity index (χ3v) is 3.97. The van der Waals surface area contributed by atoms with Gasteiger partial charge in [0, 0.05) is 23.3 Å². The summed E-state index contributed by atoms with van der Waals surface area (Å²) in [5, 5.41) is 10.5. The number of aliphatic hydroxyl groups excluding tert-OH is 1. The van der Waals surface area contributed by atoms with Crippen LogP contribution in [-0.2, 0) is 0 Å². The second-order valence-electron chi connectivity index (χ2n) is 5.22. The lowest BCUT2D eigenvalue weighted by Crippen LogP contribution is -2.23. The molecule has 0 aliphatic rings. The average molecular weight is 308 g/mol. The topological polar surface area (TPSA) is 23.5 Å². The van der Waals surface area contributed by atoms with Gasteiger partial charge >= 0.3 is 0 Å². The molecule has 1 unspecified atom stereocenters. The quantitative estimate of drug-likeness (QED) is 0.882. The van der Waals surface area contributed by atoms with Crippen molar-refractivity contribution in [1.82, 2.24) is 0 Å². The molecule has 0 heterocycles. The molecule has 2 nitrogen and oxygen atoms in total. The molecular formula is C17H19ClFNO. The number of rotatable bonds is 4. The minimum absolute atomic E-state index is 0.0478. The standard InChI is InChI=1S/C17H19ClFNO/c1-11(13-5-4-6-14(18)9-13)20(3)17-8-7-15(19)10-16(17)12(2)21/h4-12,21H,1-3H3/t11?,12-/m1/s1. The van der Waals surface area contributed by atoms with E-state index < -0.39 is 6.10 Å². The fraction of sp³-hybridized carbons (Fsp3) is 0.294. The number of benzene rings is 2. The summed E-state index contributed by atoms with van der Waals surface area (Å²) in [5.41, 5.74) is 2.44. The van der Waals surface area contributed by atoms with Crippen LogP contribution >= 0.6 is 11.6 Å². The van der Waals surface area contributed by atoms with Crippen molar-refractivity contribution in [3.63, 3.8) is 0 Å². The fourth-order valence-electron chi connectivity index (χ4n) is 2.38. The molecule has 0 saturated heterocycles. The van der Waals surface area contributed by atoms with Crippen LogP contribution < -0.4 is 4.90 Å². The Morgan fingerprint density at radius 1 is 1.14 bits per heavy atom. The maximum Gasteiger partial charge on any atom is 0.123 e. The van der Waals surface area contributed by atoms with Crippen LogP contribution in [0.3, 0.4) is 0 Å². The van der Waals surface area contributed by atoms with E-state index in [1.807, 2.05) is 43.1 Å². The zero-order chi connectivity index (χ0) is 15.6. The highest BCUT2D eigenvalue weighted by Crippen LogP contribution is 2.32. The molecule has 112 valence electrons. The Hall–Kier alpha value is -1.58. The highest BCUT2D eigenvalue weighted by Gasteiger charge is 2.18. The highest BCUT2D eigenvalue weighted by atomic mass is 35.5. The summed E-state index contributed by atoms with van der Waals surface area (Å²) in [5.74, 6) is -0.349. The van der Waals surface area contributed by atoms with Gasteiger partial charge in [-0.15, -0.1) is 0 Å². The zero-order valence-corrected chi connectivity index (χ0v) is 13.1. The predicted molar refractivity (Wildman–Crippen MR) is 85.3 cm³/mol. The number of anilines is 1. The molecule has 2 aromatic carbocycles. The summed E-state index contributed by atoms with van der Waals surface area (Å²) < 4.78 is 13.4. The Morgan fingerprint density at radius 3 is 2.48 bits per heavy atom. The minimum Gasteiger partial charge on any atom is -0.389 e. The third kappa shape index (κ3) is 3.55. The van der Waals surface area contributed by atoms with E-state index in [4.69, 9.17) is 11.6 Å². The molecule has 2 atom stereocenters. The molecule has 2 rings (SSSR count). The van der Waals surface area contributed by atoms with Gasteiger partial charge in [0.15, 0.2) is 0 Å². The first-order valence-electron chi connectivity index (χ1n) is 6.86. The van der Waals surface area contributed by atoms with Gasteiger partial charge in [-0.05, 0) is 49.7 Å². The number of halogens is 2. The number of hydrogen-bond donors (Lipinski definition) is 1. The second kappa shape index (κ2) is 6.46. The lowest BCUT2D eigenvalue weighted by atomic mass is 10.0. The van der Waals surface area contributed by atoms with Crippen molar-refractivity contribution in [2.45, 2.75) is 26.0 Å². The Bertz CT molecular complexity index is 630. The van der Waals surface area contributed by atoms with Gasteiger partial charge in [0.1, 0.15) is 5.82 Å². The van der Waals surface area contributed by atoms with Gasteiger partial charge in [-0.2, -0.15) is 0 Å². The van der Waals surface area contributed by atoms with Crippen LogP contribution in [0.25, 0.3) is 0 Å². The van der Waals surface area contributed by atoms with Gasteiger partial charge in [-0.3, -0.25) is 0 Å². The average Bonchev–Trinajstić information content (AvgIpc) is 2.45. The molecule has 0 fully saturated rings. The van der Waals surface area contributed by atoms with Crippen molar-refractivity contribution in [2.75, 3.05) is 11.9 Å². The van der Waals surface area contributed by atoms with E-state index in [9.17, 15) is 9.50 Å². The summed E-state index contributed by atoms with van der Waals surface area (Å²) in [6.45, 7) is 3.68. The predicted octanol–water partition coefficient (Wildman–Crippen LogP) is 4.73. The number of nitrogens with zero attached hydrogens (tertiary/aromatic N) is 1. The van der Waals surface area contributed by atoms with Gasteiger partial charge in [-0.25, -0.2) is 4.39 Å². The van der Waals surface area contributed by atoms with Crippen molar-refractivity contribution >= 4 is 17.3 Å². The van der Waals surface area contributed by atoms with Gasteiger partial charge in [-0.1, -0.05) is 23.7 Å². The van der Waals surface area contributed by atoms with Crippen LogP contribution in [-0.4, -0.2) is 12.2 Å². The second-order valence-corrected chi connectivity index (χ2v) is 5.66. The van der Waals surface area contributed by atoms with Crippen LogP contribution in [0.4, 0.5) is 10.1 Å². The van der Waals surface area contributed by atoms with E-state index in [0.717, 1.165) is 11.3 Å². The van der Waals surface area contributed by atoms with E-state index in [1.165, 1.54) is 12.1 Å². The van der Waals surface area contributed by atoms with Crippen molar-refractivity contribution in [2.24, 2.45) is 0 Å². The normalized spacial score (nSPS) is 13.8. The first-order chi connectivity index (χ1) is 9.90. The Labute approximate surface area is 129 Å². The van der Waals surface area contributed by atoms with E-state index in [-0.39, 0.29) is 11.9 Å². The summed E-state index contributed by atoms with van der Waals surface area (Å²) in [7, 11) is 1.92. The lowest BCUT2D eigenvalue weighted by Gasteiger charge is -2.30.